The Labute approximate surface area is 161 Å². The van der Waals surface area contributed by atoms with E-state index in [1.807, 2.05) is 0 Å². The molecule has 3 N–H and O–H groups in total. The highest BCUT2D eigenvalue weighted by Gasteiger charge is 2.14. The number of aryl methyl sites for hydroxylation is 1. The Morgan fingerprint density at radius 1 is 1.21 bits per heavy atom. The Bertz CT molecular complexity index is 1090. The second-order valence-corrected chi connectivity index (χ2v) is 6.77. The summed E-state index contributed by atoms with van der Waals surface area (Å²) in [5, 5.41) is 10.6. The van der Waals surface area contributed by atoms with Crippen LogP contribution in [0.15, 0.2) is 43.5 Å². The zero-order valence-corrected chi connectivity index (χ0v) is 15.6. The molecule has 0 aliphatic heterocycles. The van der Waals surface area contributed by atoms with Crippen molar-refractivity contribution in [3.63, 3.8) is 0 Å². The third-order valence-corrected chi connectivity index (χ3v) is 4.58. The number of nitrogens with zero attached hydrogens (tertiary/aromatic N) is 2. The molecule has 0 aliphatic carbocycles. The minimum absolute atomic E-state index is 0.0566. The molecule has 2 aromatic heterocycles. The fraction of sp³-hybridized carbons (Fsp3) is 0.235. The number of thioether (sulfide) groups is 1. The van der Waals surface area contributed by atoms with Gasteiger partial charge >= 0.3 is 5.69 Å². The van der Waals surface area contributed by atoms with Crippen LogP contribution in [0.3, 0.4) is 0 Å². The van der Waals surface area contributed by atoms with Crippen molar-refractivity contribution in [3.8, 4) is 0 Å². The fourth-order valence-corrected chi connectivity index (χ4v) is 2.95. The fourth-order valence-electron chi connectivity index (χ4n) is 2.34. The number of nitrogens with one attached hydrogen (secondary N) is 3. The number of halogens is 1. The van der Waals surface area contributed by atoms with Gasteiger partial charge in [0.15, 0.2) is 0 Å². The van der Waals surface area contributed by atoms with Gasteiger partial charge in [0.1, 0.15) is 5.82 Å². The van der Waals surface area contributed by atoms with Gasteiger partial charge in [-0.1, -0.05) is 23.9 Å². The molecule has 0 atom stereocenters. The van der Waals surface area contributed by atoms with Gasteiger partial charge in [-0.15, -0.1) is 10.2 Å². The van der Waals surface area contributed by atoms with E-state index in [9.17, 15) is 18.8 Å². The van der Waals surface area contributed by atoms with Crippen molar-refractivity contribution in [2.75, 3.05) is 5.75 Å². The summed E-state index contributed by atoms with van der Waals surface area (Å²) >= 11 is 1.05. The van der Waals surface area contributed by atoms with Gasteiger partial charge < -0.3 is 14.7 Å². The molecule has 146 valence electrons. The Morgan fingerprint density at radius 3 is 2.68 bits per heavy atom. The quantitative estimate of drug-likeness (QED) is 0.497. The van der Waals surface area contributed by atoms with Gasteiger partial charge in [-0.2, -0.15) is 0 Å². The molecule has 28 heavy (non-hydrogen) atoms. The highest BCUT2D eigenvalue weighted by Crippen LogP contribution is 2.17. The zero-order valence-electron chi connectivity index (χ0n) is 14.7. The molecule has 1 aromatic carbocycles. The first-order valence-corrected chi connectivity index (χ1v) is 9.17. The highest BCUT2D eigenvalue weighted by molar-refractivity contribution is 7.99. The van der Waals surface area contributed by atoms with Crippen molar-refractivity contribution < 1.29 is 13.6 Å². The molecule has 11 heteroatoms. The standard InChI is InChI=1S/C17H16FN5O4S/c1-9-12(15(25)21-16(26)20-9)6-14-22-23-17(27-14)28-8-13(24)19-7-10-2-4-11(18)5-3-10/h2-5H,6-8H2,1H3,(H,19,24)(H2,20,21,25,26). The van der Waals surface area contributed by atoms with E-state index in [4.69, 9.17) is 4.42 Å². The van der Waals surface area contributed by atoms with E-state index in [0.717, 1.165) is 17.3 Å². The molecule has 0 saturated carbocycles. The summed E-state index contributed by atoms with van der Waals surface area (Å²) in [5.41, 5.74) is 0.410. The lowest BCUT2D eigenvalue weighted by molar-refractivity contribution is -0.118. The number of amides is 1. The molecule has 0 bridgehead atoms. The second-order valence-electron chi connectivity index (χ2n) is 5.84. The maximum Gasteiger partial charge on any atom is 0.325 e. The van der Waals surface area contributed by atoms with Crippen LogP contribution in [0.5, 0.6) is 0 Å². The molecular weight excluding hydrogens is 389 g/mol. The minimum atomic E-state index is -0.584. The number of carbonyl (C=O) groups excluding carboxylic acids is 1. The molecule has 9 nitrogen and oxygen atoms in total. The minimum Gasteiger partial charge on any atom is -0.416 e. The number of hydrogen-bond donors (Lipinski definition) is 3. The monoisotopic (exact) mass is 405 g/mol. The summed E-state index contributed by atoms with van der Waals surface area (Å²) in [6.07, 6.45) is 0.0578. The molecule has 3 aromatic rings. The van der Waals surface area contributed by atoms with Crippen LogP contribution in [0, 0.1) is 12.7 Å². The van der Waals surface area contributed by atoms with E-state index in [2.05, 4.69) is 25.5 Å². The SMILES string of the molecule is Cc1[nH]c(=O)[nH]c(=O)c1Cc1nnc(SCC(=O)NCc2ccc(F)cc2)o1. The van der Waals surface area contributed by atoms with E-state index in [-0.39, 0.29) is 41.6 Å². The number of rotatable bonds is 7. The van der Waals surface area contributed by atoms with E-state index in [0.29, 0.717) is 11.3 Å². The maximum absolute atomic E-state index is 12.8. The smallest absolute Gasteiger partial charge is 0.325 e. The maximum atomic E-state index is 12.8. The van der Waals surface area contributed by atoms with Crippen molar-refractivity contribution >= 4 is 17.7 Å². The van der Waals surface area contributed by atoms with E-state index in [1.165, 1.54) is 12.1 Å². The number of hydrogen-bond acceptors (Lipinski definition) is 7. The highest BCUT2D eigenvalue weighted by atomic mass is 32.2. The van der Waals surface area contributed by atoms with Crippen molar-refractivity contribution in [3.05, 3.63) is 73.6 Å². The second kappa shape index (κ2) is 8.65. The molecule has 2 heterocycles. The summed E-state index contributed by atoms with van der Waals surface area (Å²) < 4.78 is 18.3. The summed E-state index contributed by atoms with van der Waals surface area (Å²) in [4.78, 5) is 39.6. The van der Waals surface area contributed by atoms with Crippen LogP contribution in [0.4, 0.5) is 4.39 Å². The van der Waals surface area contributed by atoms with Gasteiger partial charge in [-0.05, 0) is 24.6 Å². The number of carbonyl (C=O) groups is 1. The molecule has 3 rings (SSSR count). The first kappa shape index (κ1) is 19.5. The van der Waals surface area contributed by atoms with E-state index >= 15 is 0 Å². The molecule has 1 amide bonds. The van der Waals surface area contributed by atoms with Crippen molar-refractivity contribution in [1.82, 2.24) is 25.5 Å². The van der Waals surface area contributed by atoms with Gasteiger partial charge in [0.05, 0.1) is 12.2 Å². The largest absolute Gasteiger partial charge is 0.416 e. The van der Waals surface area contributed by atoms with Crippen LogP contribution in [-0.4, -0.2) is 31.8 Å². The molecule has 0 saturated heterocycles. The summed E-state index contributed by atoms with van der Waals surface area (Å²) in [7, 11) is 0. The third-order valence-electron chi connectivity index (χ3n) is 3.76. The van der Waals surface area contributed by atoms with Crippen LogP contribution in [0.1, 0.15) is 22.7 Å². The number of aromatic nitrogens is 4. The predicted molar refractivity (Wildman–Crippen MR) is 98.5 cm³/mol. The van der Waals surface area contributed by atoms with Gasteiger partial charge in [0.2, 0.25) is 11.8 Å². The lowest BCUT2D eigenvalue weighted by Crippen LogP contribution is -2.27. The van der Waals surface area contributed by atoms with Crippen LogP contribution < -0.4 is 16.6 Å². The van der Waals surface area contributed by atoms with Gasteiger partial charge in [0.25, 0.3) is 10.8 Å². The predicted octanol–water partition coefficient (Wildman–Crippen LogP) is 0.893. The lowest BCUT2D eigenvalue weighted by atomic mass is 10.2. The Hall–Kier alpha value is -3.21. The van der Waals surface area contributed by atoms with E-state index in [1.54, 1.807) is 19.1 Å². The normalized spacial score (nSPS) is 10.8. The lowest BCUT2D eigenvalue weighted by Gasteiger charge is -2.04. The summed E-state index contributed by atoms with van der Waals surface area (Å²) in [5.74, 6) is -0.338. The van der Waals surface area contributed by atoms with Crippen LogP contribution in [-0.2, 0) is 17.8 Å². The molecule has 0 aliphatic rings. The van der Waals surface area contributed by atoms with Crippen LogP contribution in [0.2, 0.25) is 0 Å². The average Bonchev–Trinajstić information content (AvgIpc) is 3.10. The first-order valence-electron chi connectivity index (χ1n) is 8.19. The Kier molecular flexibility index (Phi) is 6.04. The van der Waals surface area contributed by atoms with E-state index < -0.39 is 11.2 Å². The Balaban J connectivity index is 1.52. The first-order chi connectivity index (χ1) is 13.4. The molecule has 0 radical (unpaired) electrons. The van der Waals surface area contributed by atoms with Crippen molar-refractivity contribution in [1.29, 1.82) is 0 Å². The van der Waals surface area contributed by atoms with Gasteiger partial charge in [-0.25, -0.2) is 9.18 Å². The number of benzene rings is 1. The third kappa shape index (κ3) is 5.16. The zero-order chi connectivity index (χ0) is 20.1. The average molecular weight is 405 g/mol. The summed E-state index contributed by atoms with van der Waals surface area (Å²) in [6.45, 7) is 1.88. The Morgan fingerprint density at radius 2 is 1.96 bits per heavy atom. The van der Waals surface area contributed by atoms with Crippen molar-refractivity contribution in [2.24, 2.45) is 0 Å². The topological polar surface area (TPSA) is 134 Å². The number of H-pyrrole nitrogens is 2. The van der Waals surface area contributed by atoms with Crippen molar-refractivity contribution in [2.45, 2.75) is 25.1 Å². The molecule has 0 spiro atoms. The molecule has 0 fully saturated rings. The van der Waals surface area contributed by atoms with Gasteiger partial charge in [0, 0.05) is 17.8 Å². The van der Waals surface area contributed by atoms with Gasteiger partial charge in [-0.3, -0.25) is 14.6 Å². The van der Waals surface area contributed by atoms with Crippen LogP contribution in [0.25, 0.3) is 0 Å². The molecular formula is C17H16FN5O4S. The number of aromatic amines is 2. The molecule has 0 unspecified atom stereocenters. The summed E-state index contributed by atoms with van der Waals surface area (Å²) in [6, 6.07) is 5.83. The van der Waals surface area contributed by atoms with Crippen LogP contribution >= 0.6 is 11.8 Å².